The van der Waals surface area contributed by atoms with Crippen LogP contribution in [0, 0.1) is 5.92 Å². The molecule has 110 valence electrons. The van der Waals surface area contributed by atoms with E-state index in [0.29, 0.717) is 0 Å². The van der Waals surface area contributed by atoms with E-state index in [2.05, 4.69) is 48.0 Å². The van der Waals surface area contributed by atoms with E-state index < -0.39 is 0 Å². The Morgan fingerprint density at radius 2 is 2.05 bits per heavy atom. The smallest absolute Gasteiger partial charge is 0.0573 e. The zero-order chi connectivity index (χ0) is 14.2. The highest BCUT2D eigenvalue weighted by atomic mass is 15.3. The van der Waals surface area contributed by atoms with Gasteiger partial charge in [-0.2, -0.15) is 0 Å². The van der Waals surface area contributed by atoms with Gasteiger partial charge in [0.2, 0.25) is 0 Å². The van der Waals surface area contributed by atoms with Crippen LogP contribution in [0.1, 0.15) is 25.3 Å². The quantitative estimate of drug-likeness (QED) is 0.912. The number of hydrogen-bond donors (Lipinski definition) is 1. The Morgan fingerprint density at radius 3 is 2.70 bits per heavy atom. The second kappa shape index (κ2) is 5.38. The minimum atomic E-state index is 0.154. The molecule has 2 N–H and O–H groups in total. The third kappa shape index (κ3) is 2.13. The van der Waals surface area contributed by atoms with Crippen LogP contribution >= 0.6 is 0 Å². The van der Waals surface area contributed by atoms with Crippen molar-refractivity contribution in [1.82, 2.24) is 4.90 Å². The zero-order valence-electron chi connectivity index (χ0n) is 12.8. The predicted molar refractivity (Wildman–Crippen MR) is 85.2 cm³/mol. The van der Waals surface area contributed by atoms with Crippen LogP contribution in [-0.4, -0.2) is 43.7 Å². The molecule has 0 spiro atoms. The summed E-state index contributed by atoms with van der Waals surface area (Å²) in [5, 5.41) is 0. The molecule has 2 fully saturated rings. The molecule has 3 rings (SSSR count). The van der Waals surface area contributed by atoms with Crippen molar-refractivity contribution in [2.75, 3.05) is 38.1 Å². The highest BCUT2D eigenvalue weighted by Gasteiger charge is 2.47. The van der Waals surface area contributed by atoms with Crippen LogP contribution in [0.3, 0.4) is 0 Å². The standard InChI is InChI=1S/C17H27N3/c1-3-14-4-6-16(7-5-14)19(2)17(13-18)9-11-20-10-8-15(17)12-20/h4-7,15H,3,8-13,18H2,1-2H3. The Kier molecular flexibility index (Phi) is 3.74. The third-order valence-corrected chi connectivity index (χ3v) is 5.65. The van der Waals surface area contributed by atoms with E-state index in [1.165, 1.54) is 43.7 Å². The normalized spacial score (nSPS) is 32.4. The molecule has 3 heteroatoms. The molecule has 3 nitrogen and oxygen atoms in total. The number of hydrogen-bond acceptors (Lipinski definition) is 3. The van der Waals surface area contributed by atoms with Gasteiger partial charge in [0.25, 0.3) is 0 Å². The predicted octanol–water partition coefficient (Wildman–Crippen LogP) is 2.11. The SMILES string of the molecule is CCc1ccc(N(C)C2(CN)CCN3CCC2C3)cc1. The molecule has 2 saturated heterocycles. The molecule has 3 unspecified atom stereocenters. The summed E-state index contributed by atoms with van der Waals surface area (Å²) in [6.45, 7) is 6.65. The van der Waals surface area contributed by atoms with E-state index in [4.69, 9.17) is 5.73 Å². The fourth-order valence-electron chi connectivity index (χ4n) is 4.09. The van der Waals surface area contributed by atoms with Gasteiger partial charge in [0.05, 0.1) is 5.54 Å². The molecule has 1 aromatic carbocycles. The van der Waals surface area contributed by atoms with Crippen LogP contribution in [0.4, 0.5) is 5.69 Å². The second-order valence-corrected chi connectivity index (χ2v) is 6.42. The van der Waals surface area contributed by atoms with Gasteiger partial charge in [0.15, 0.2) is 0 Å². The first-order valence-electron chi connectivity index (χ1n) is 7.95. The molecule has 0 radical (unpaired) electrons. The monoisotopic (exact) mass is 273 g/mol. The number of likely N-dealkylation sites (N-methyl/N-ethyl adjacent to an activating group) is 1. The van der Waals surface area contributed by atoms with Gasteiger partial charge >= 0.3 is 0 Å². The number of nitrogens with two attached hydrogens (primary N) is 1. The van der Waals surface area contributed by atoms with Crippen LogP contribution in [-0.2, 0) is 6.42 Å². The fraction of sp³-hybridized carbons (Fsp3) is 0.647. The molecule has 1 aromatic rings. The van der Waals surface area contributed by atoms with Crippen molar-refractivity contribution in [1.29, 1.82) is 0 Å². The largest absolute Gasteiger partial charge is 0.367 e. The molecule has 0 aromatic heterocycles. The molecule has 0 saturated carbocycles. The molecule has 20 heavy (non-hydrogen) atoms. The first-order chi connectivity index (χ1) is 9.69. The van der Waals surface area contributed by atoms with Gasteiger partial charge in [-0.25, -0.2) is 0 Å². The summed E-state index contributed by atoms with van der Waals surface area (Å²) < 4.78 is 0. The molecule has 2 bridgehead atoms. The van der Waals surface area contributed by atoms with Crippen molar-refractivity contribution in [3.63, 3.8) is 0 Å². The Morgan fingerprint density at radius 1 is 1.30 bits per heavy atom. The first-order valence-corrected chi connectivity index (χ1v) is 7.95. The number of nitrogens with zero attached hydrogens (tertiary/aromatic N) is 2. The van der Waals surface area contributed by atoms with Crippen molar-refractivity contribution in [3.05, 3.63) is 29.8 Å². The minimum Gasteiger partial charge on any atom is -0.367 e. The average molecular weight is 273 g/mol. The summed E-state index contributed by atoms with van der Waals surface area (Å²) in [4.78, 5) is 5.06. The number of anilines is 1. The molecule has 0 aliphatic carbocycles. The lowest BCUT2D eigenvalue weighted by Crippen LogP contribution is -2.61. The Labute approximate surface area is 122 Å². The first kappa shape index (κ1) is 13.9. The van der Waals surface area contributed by atoms with Crippen molar-refractivity contribution in [2.24, 2.45) is 11.7 Å². The van der Waals surface area contributed by atoms with Gasteiger partial charge in [-0.1, -0.05) is 19.1 Å². The van der Waals surface area contributed by atoms with E-state index in [-0.39, 0.29) is 5.54 Å². The highest BCUT2D eigenvalue weighted by molar-refractivity contribution is 5.50. The summed E-state index contributed by atoms with van der Waals surface area (Å²) in [7, 11) is 2.24. The van der Waals surface area contributed by atoms with Gasteiger partial charge in [-0.05, 0) is 49.4 Å². The van der Waals surface area contributed by atoms with Gasteiger partial charge in [-0.3, -0.25) is 0 Å². The van der Waals surface area contributed by atoms with E-state index >= 15 is 0 Å². The van der Waals surface area contributed by atoms with Gasteiger partial charge in [-0.15, -0.1) is 0 Å². The van der Waals surface area contributed by atoms with Crippen LogP contribution in [0.5, 0.6) is 0 Å². The summed E-state index contributed by atoms with van der Waals surface area (Å²) in [6.07, 6.45) is 3.60. The Hall–Kier alpha value is -1.06. The number of fused-ring (bicyclic) bond motifs is 2. The number of rotatable bonds is 4. The van der Waals surface area contributed by atoms with Crippen LogP contribution in [0.15, 0.2) is 24.3 Å². The van der Waals surface area contributed by atoms with Crippen LogP contribution in [0.25, 0.3) is 0 Å². The van der Waals surface area contributed by atoms with Gasteiger partial charge in [0, 0.05) is 32.4 Å². The Balaban J connectivity index is 1.87. The maximum atomic E-state index is 6.26. The molecular formula is C17H27N3. The Bertz CT molecular complexity index is 456. The topological polar surface area (TPSA) is 32.5 Å². The van der Waals surface area contributed by atoms with Crippen molar-refractivity contribution < 1.29 is 0 Å². The number of piperidine rings is 1. The lowest BCUT2D eigenvalue weighted by atomic mass is 9.77. The zero-order valence-corrected chi connectivity index (χ0v) is 12.8. The molecular weight excluding hydrogens is 246 g/mol. The second-order valence-electron chi connectivity index (χ2n) is 6.42. The van der Waals surface area contributed by atoms with Crippen LogP contribution in [0.2, 0.25) is 0 Å². The molecule has 2 heterocycles. The van der Waals surface area contributed by atoms with E-state index in [9.17, 15) is 0 Å². The summed E-state index contributed by atoms with van der Waals surface area (Å²) in [6, 6.07) is 9.02. The molecule has 0 amide bonds. The molecule has 2 aliphatic heterocycles. The third-order valence-electron chi connectivity index (χ3n) is 5.65. The van der Waals surface area contributed by atoms with Gasteiger partial charge < -0.3 is 15.5 Å². The van der Waals surface area contributed by atoms with E-state index in [1.807, 2.05) is 0 Å². The lowest BCUT2D eigenvalue weighted by molar-refractivity contribution is 0.168. The number of aryl methyl sites for hydroxylation is 1. The fourth-order valence-corrected chi connectivity index (χ4v) is 4.09. The van der Waals surface area contributed by atoms with E-state index in [1.54, 1.807) is 0 Å². The van der Waals surface area contributed by atoms with Crippen molar-refractivity contribution in [2.45, 2.75) is 31.7 Å². The summed E-state index contributed by atoms with van der Waals surface area (Å²) in [5.41, 5.74) is 9.13. The van der Waals surface area contributed by atoms with E-state index in [0.717, 1.165) is 18.9 Å². The summed E-state index contributed by atoms with van der Waals surface area (Å²) in [5.74, 6) is 0.720. The van der Waals surface area contributed by atoms with Gasteiger partial charge in [0.1, 0.15) is 0 Å². The maximum Gasteiger partial charge on any atom is 0.0573 e. The lowest BCUT2D eigenvalue weighted by Gasteiger charge is -2.49. The molecule has 2 aliphatic rings. The van der Waals surface area contributed by atoms with Crippen molar-refractivity contribution in [3.8, 4) is 0 Å². The number of benzene rings is 1. The van der Waals surface area contributed by atoms with Crippen molar-refractivity contribution >= 4 is 5.69 Å². The maximum absolute atomic E-state index is 6.26. The summed E-state index contributed by atoms with van der Waals surface area (Å²) >= 11 is 0. The average Bonchev–Trinajstić information content (AvgIpc) is 2.91. The molecule has 3 atom stereocenters. The minimum absolute atomic E-state index is 0.154. The highest BCUT2D eigenvalue weighted by Crippen LogP contribution is 2.40. The van der Waals surface area contributed by atoms with Crippen LogP contribution < -0.4 is 10.6 Å².